The molecule has 0 spiro atoms. The zero-order valence-electron chi connectivity index (χ0n) is 20.3. The zero-order valence-corrected chi connectivity index (χ0v) is 21.2. The Morgan fingerprint density at radius 1 is 1.14 bits per heavy atom. The van der Waals surface area contributed by atoms with Crippen LogP contribution >= 0.6 is 11.8 Å². The minimum Gasteiger partial charge on any atom is -0.342 e. The average Bonchev–Trinajstić information content (AvgIpc) is 3.21. The first kappa shape index (κ1) is 26.2. The lowest BCUT2D eigenvalue weighted by molar-refractivity contribution is -0.113. The van der Waals surface area contributed by atoms with Crippen molar-refractivity contribution in [2.24, 2.45) is 5.92 Å². The number of rotatable bonds is 10. The van der Waals surface area contributed by atoms with Crippen LogP contribution in [0, 0.1) is 25.6 Å². The third kappa shape index (κ3) is 6.79. The Kier molecular flexibility index (Phi) is 8.81. The molecule has 0 aliphatic carbocycles. The molecule has 0 aliphatic rings. The molecule has 9 heteroatoms. The van der Waals surface area contributed by atoms with Crippen LogP contribution in [0.5, 0.6) is 0 Å². The second-order valence-corrected chi connectivity index (χ2v) is 9.54. The standard InChI is InChI=1S/C26H30FN5O2S/c1-6-13-32-24(23(16(2)3)29-25(34)19-10-7-17(4)8-11-19)30-31-26(32)35-15-22(33)28-21-14-20(27)12-9-18(21)5/h6-12,14,16,23H,1,13,15H2,2-5H3,(H,28,33)(H,29,34)/t23-/m1/s1. The molecule has 1 atom stereocenters. The van der Waals surface area contributed by atoms with E-state index in [1.165, 1.54) is 23.9 Å². The lowest BCUT2D eigenvalue weighted by Gasteiger charge is -2.22. The van der Waals surface area contributed by atoms with E-state index < -0.39 is 11.9 Å². The van der Waals surface area contributed by atoms with Gasteiger partial charge in [0, 0.05) is 17.8 Å². The van der Waals surface area contributed by atoms with Gasteiger partial charge < -0.3 is 15.2 Å². The van der Waals surface area contributed by atoms with E-state index in [-0.39, 0.29) is 23.5 Å². The first-order valence-electron chi connectivity index (χ1n) is 11.3. The summed E-state index contributed by atoms with van der Waals surface area (Å²) in [6.45, 7) is 12.0. The van der Waals surface area contributed by atoms with Crippen molar-refractivity contribution in [3.63, 3.8) is 0 Å². The Hall–Kier alpha value is -3.46. The first-order chi connectivity index (χ1) is 16.7. The third-order valence-corrected chi connectivity index (χ3v) is 6.38. The summed E-state index contributed by atoms with van der Waals surface area (Å²) >= 11 is 1.21. The summed E-state index contributed by atoms with van der Waals surface area (Å²) < 4.78 is 15.4. The number of halogens is 1. The van der Waals surface area contributed by atoms with E-state index in [4.69, 9.17) is 0 Å². The normalized spacial score (nSPS) is 11.8. The highest BCUT2D eigenvalue weighted by Gasteiger charge is 2.26. The molecule has 35 heavy (non-hydrogen) atoms. The van der Waals surface area contributed by atoms with Gasteiger partial charge in [-0.05, 0) is 49.6 Å². The average molecular weight is 496 g/mol. The van der Waals surface area contributed by atoms with Crippen molar-refractivity contribution in [2.75, 3.05) is 11.1 Å². The Labute approximate surface area is 209 Å². The maximum absolute atomic E-state index is 13.5. The molecule has 0 unspecified atom stereocenters. The minimum absolute atomic E-state index is 0.0364. The van der Waals surface area contributed by atoms with Gasteiger partial charge in [-0.3, -0.25) is 9.59 Å². The van der Waals surface area contributed by atoms with E-state index in [0.717, 1.165) is 11.1 Å². The summed E-state index contributed by atoms with van der Waals surface area (Å²) in [5.74, 6) is -0.213. The number of aromatic nitrogens is 3. The number of hydrogen-bond acceptors (Lipinski definition) is 5. The minimum atomic E-state index is -0.415. The second-order valence-electron chi connectivity index (χ2n) is 8.60. The van der Waals surface area contributed by atoms with Gasteiger partial charge in [0.15, 0.2) is 11.0 Å². The van der Waals surface area contributed by atoms with Crippen LogP contribution in [0.3, 0.4) is 0 Å². The van der Waals surface area contributed by atoms with Crippen molar-refractivity contribution in [3.8, 4) is 0 Å². The Morgan fingerprint density at radius 2 is 1.86 bits per heavy atom. The molecule has 3 aromatic rings. The predicted molar refractivity (Wildman–Crippen MR) is 137 cm³/mol. The molecular formula is C26H30FN5O2S. The number of hydrogen-bond donors (Lipinski definition) is 2. The van der Waals surface area contributed by atoms with Crippen molar-refractivity contribution in [2.45, 2.75) is 45.4 Å². The molecule has 184 valence electrons. The first-order valence-corrected chi connectivity index (χ1v) is 12.3. The monoisotopic (exact) mass is 495 g/mol. The number of aryl methyl sites for hydroxylation is 2. The molecule has 0 radical (unpaired) electrons. The van der Waals surface area contributed by atoms with Crippen LogP contribution in [0.2, 0.25) is 0 Å². The fourth-order valence-corrected chi connectivity index (χ4v) is 4.20. The third-order valence-electron chi connectivity index (χ3n) is 5.41. The number of anilines is 1. The van der Waals surface area contributed by atoms with Gasteiger partial charge in [0.2, 0.25) is 5.91 Å². The molecular weight excluding hydrogens is 465 g/mol. The molecule has 0 saturated heterocycles. The van der Waals surface area contributed by atoms with Gasteiger partial charge >= 0.3 is 0 Å². The fourth-order valence-electron chi connectivity index (χ4n) is 3.44. The van der Waals surface area contributed by atoms with E-state index in [2.05, 4.69) is 27.4 Å². The number of nitrogens with one attached hydrogen (secondary N) is 2. The van der Waals surface area contributed by atoms with Crippen molar-refractivity contribution < 1.29 is 14.0 Å². The van der Waals surface area contributed by atoms with Gasteiger partial charge in [-0.2, -0.15) is 0 Å². The zero-order chi connectivity index (χ0) is 25.5. The predicted octanol–water partition coefficient (Wildman–Crippen LogP) is 5.08. The van der Waals surface area contributed by atoms with E-state index in [1.54, 1.807) is 31.2 Å². The van der Waals surface area contributed by atoms with E-state index in [0.29, 0.717) is 28.8 Å². The van der Waals surface area contributed by atoms with Crippen molar-refractivity contribution >= 4 is 29.3 Å². The van der Waals surface area contributed by atoms with E-state index >= 15 is 0 Å². The number of benzene rings is 2. The van der Waals surface area contributed by atoms with Crippen molar-refractivity contribution in [1.82, 2.24) is 20.1 Å². The maximum Gasteiger partial charge on any atom is 0.251 e. The SMILES string of the molecule is C=CCn1c(SCC(=O)Nc2cc(F)ccc2C)nnc1[C@H](NC(=O)c1ccc(C)cc1)C(C)C. The van der Waals surface area contributed by atoms with E-state index in [9.17, 15) is 14.0 Å². The van der Waals surface area contributed by atoms with Crippen LogP contribution in [0.4, 0.5) is 10.1 Å². The number of thioether (sulfide) groups is 1. The van der Waals surface area contributed by atoms with E-state index in [1.807, 2.05) is 37.5 Å². The van der Waals surface area contributed by atoms with Gasteiger partial charge in [0.25, 0.3) is 5.91 Å². The molecule has 3 rings (SSSR count). The molecule has 2 N–H and O–H groups in total. The summed E-state index contributed by atoms with van der Waals surface area (Å²) in [5, 5.41) is 15.0. The topological polar surface area (TPSA) is 88.9 Å². The summed E-state index contributed by atoms with van der Waals surface area (Å²) in [6.07, 6.45) is 1.71. The highest BCUT2D eigenvalue weighted by atomic mass is 32.2. The summed E-state index contributed by atoms with van der Waals surface area (Å²) in [5.41, 5.74) is 2.84. The summed E-state index contributed by atoms with van der Waals surface area (Å²) in [6, 6.07) is 11.2. The van der Waals surface area contributed by atoms with Crippen molar-refractivity contribution in [3.05, 3.63) is 83.5 Å². The van der Waals surface area contributed by atoms with Crippen LogP contribution in [0.15, 0.2) is 60.3 Å². The lowest BCUT2D eigenvalue weighted by atomic mass is 10.0. The van der Waals surface area contributed by atoms with Crippen LogP contribution in [-0.4, -0.2) is 32.3 Å². The van der Waals surface area contributed by atoms with Gasteiger partial charge in [0.05, 0.1) is 11.8 Å². The van der Waals surface area contributed by atoms with Gasteiger partial charge in [-0.1, -0.05) is 55.4 Å². The molecule has 0 saturated carbocycles. The largest absolute Gasteiger partial charge is 0.342 e. The molecule has 1 heterocycles. The molecule has 2 aromatic carbocycles. The summed E-state index contributed by atoms with van der Waals surface area (Å²) in [4.78, 5) is 25.4. The number of carbonyl (C=O) groups is 2. The van der Waals surface area contributed by atoms with Crippen molar-refractivity contribution in [1.29, 1.82) is 0 Å². The molecule has 0 bridgehead atoms. The maximum atomic E-state index is 13.5. The number of allylic oxidation sites excluding steroid dienone is 1. The summed E-state index contributed by atoms with van der Waals surface area (Å²) in [7, 11) is 0. The Balaban J connectivity index is 1.75. The lowest BCUT2D eigenvalue weighted by Crippen LogP contribution is -2.33. The number of amides is 2. The molecule has 1 aromatic heterocycles. The molecule has 0 fully saturated rings. The molecule has 2 amide bonds. The number of carbonyl (C=O) groups excluding carboxylic acids is 2. The quantitative estimate of drug-likeness (QED) is 0.303. The van der Waals surface area contributed by atoms with Gasteiger partial charge in [-0.25, -0.2) is 4.39 Å². The van der Waals surface area contributed by atoms with Crippen LogP contribution in [0.1, 0.15) is 47.2 Å². The Bertz CT molecular complexity index is 1210. The van der Waals surface area contributed by atoms with Crippen LogP contribution in [-0.2, 0) is 11.3 Å². The highest BCUT2D eigenvalue weighted by Crippen LogP contribution is 2.26. The number of nitrogens with zero attached hydrogens (tertiary/aromatic N) is 3. The van der Waals surface area contributed by atoms with Crippen LogP contribution < -0.4 is 10.6 Å². The fraction of sp³-hybridized carbons (Fsp3) is 0.308. The van der Waals surface area contributed by atoms with Crippen LogP contribution in [0.25, 0.3) is 0 Å². The highest BCUT2D eigenvalue weighted by molar-refractivity contribution is 7.99. The smallest absolute Gasteiger partial charge is 0.251 e. The Morgan fingerprint density at radius 3 is 2.51 bits per heavy atom. The van der Waals surface area contributed by atoms with Gasteiger partial charge in [0.1, 0.15) is 5.82 Å². The molecule has 0 aliphatic heterocycles. The van der Waals surface area contributed by atoms with Gasteiger partial charge in [-0.15, -0.1) is 16.8 Å². The molecule has 7 nitrogen and oxygen atoms in total. The second kappa shape index (κ2) is 11.8.